The molecule has 3 aromatic rings. The molecule has 0 aliphatic carbocycles. The van der Waals surface area contributed by atoms with Crippen LogP contribution in [-0.2, 0) is 0 Å². The van der Waals surface area contributed by atoms with Crippen LogP contribution < -0.4 is 9.47 Å². The SMILES string of the molecule is COc1cc(Cl)c(C(Cl)c2cc3sccc3s2)cc1OC. The number of hydrogen-bond donors (Lipinski definition) is 0. The molecule has 0 bridgehead atoms. The maximum absolute atomic E-state index is 6.62. The van der Waals surface area contributed by atoms with Crippen LogP contribution in [0.25, 0.3) is 9.40 Å². The van der Waals surface area contributed by atoms with E-state index in [4.69, 9.17) is 32.7 Å². The molecule has 1 unspecified atom stereocenters. The van der Waals surface area contributed by atoms with E-state index in [2.05, 4.69) is 17.5 Å². The maximum atomic E-state index is 6.62. The largest absolute Gasteiger partial charge is 0.493 e. The topological polar surface area (TPSA) is 18.5 Å². The Morgan fingerprint density at radius 1 is 1.05 bits per heavy atom. The van der Waals surface area contributed by atoms with Gasteiger partial charge in [-0.3, -0.25) is 0 Å². The second kappa shape index (κ2) is 6.05. The van der Waals surface area contributed by atoms with Gasteiger partial charge in [0.05, 0.1) is 19.6 Å². The molecule has 2 aromatic heterocycles. The molecule has 0 saturated heterocycles. The fourth-order valence-corrected chi connectivity index (χ4v) is 4.94. The molecular weight excluding hydrogens is 347 g/mol. The van der Waals surface area contributed by atoms with Gasteiger partial charge in [0.15, 0.2) is 11.5 Å². The molecule has 1 aromatic carbocycles. The third-order valence-electron chi connectivity index (χ3n) is 3.18. The molecule has 2 heterocycles. The minimum Gasteiger partial charge on any atom is -0.493 e. The summed E-state index contributed by atoms with van der Waals surface area (Å²) in [6.07, 6.45) is 0. The second-order valence-electron chi connectivity index (χ2n) is 4.39. The molecule has 110 valence electrons. The summed E-state index contributed by atoms with van der Waals surface area (Å²) in [5.41, 5.74) is 0.824. The number of ether oxygens (including phenoxy) is 2. The number of hydrogen-bond acceptors (Lipinski definition) is 4. The van der Waals surface area contributed by atoms with Gasteiger partial charge in [-0.2, -0.15) is 0 Å². The van der Waals surface area contributed by atoms with Crippen LogP contribution >= 0.6 is 45.9 Å². The van der Waals surface area contributed by atoms with Crippen molar-refractivity contribution in [2.45, 2.75) is 5.38 Å². The second-order valence-corrected chi connectivity index (χ2v) is 7.30. The highest BCUT2D eigenvalue weighted by atomic mass is 35.5. The molecular formula is C15H12Cl2O2S2. The molecule has 0 spiro atoms. The molecule has 1 atom stereocenters. The van der Waals surface area contributed by atoms with Crippen LogP contribution in [0.1, 0.15) is 15.8 Å². The van der Waals surface area contributed by atoms with Crippen LogP contribution in [0.3, 0.4) is 0 Å². The van der Waals surface area contributed by atoms with Crippen molar-refractivity contribution >= 4 is 55.3 Å². The van der Waals surface area contributed by atoms with Gasteiger partial charge >= 0.3 is 0 Å². The van der Waals surface area contributed by atoms with E-state index in [9.17, 15) is 0 Å². The fraction of sp³-hybridized carbons (Fsp3) is 0.200. The van der Waals surface area contributed by atoms with E-state index in [0.29, 0.717) is 16.5 Å². The molecule has 0 aliphatic heterocycles. The molecule has 0 N–H and O–H groups in total. The smallest absolute Gasteiger partial charge is 0.162 e. The summed E-state index contributed by atoms with van der Waals surface area (Å²) < 4.78 is 13.1. The Labute approximate surface area is 140 Å². The van der Waals surface area contributed by atoms with Gasteiger partial charge in [0.25, 0.3) is 0 Å². The zero-order chi connectivity index (χ0) is 15.0. The van der Waals surface area contributed by atoms with Gasteiger partial charge in [0.2, 0.25) is 0 Å². The van der Waals surface area contributed by atoms with Gasteiger partial charge in [0, 0.05) is 25.4 Å². The molecule has 0 saturated carbocycles. The van der Waals surface area contributed by atoms with Gasteiger partial charge in [-0.25, -0.2) is 0 Å². The van der Waals surface area contributed by atoms with Crippen molar-refractivity contribution in [1.29, 1.82) is 0 Å². The molecule has 21 heavy (non-hydrogen) atoms. The van der Waals surface area contributed by atoms with Crippen molar-refractivity contribution in [3.05, 3.63) is 45.1 Å². The third kappa shape index (κ3) is 2.73. The first kappa shape index (κ1) is 15.0. The standard InChI is InChI=1S/C15H12Cl2O2S2/c1-18-10-5-8(9(16)6-11(10)19-2)15(17)14-7-13-12(21-14)3-4-20-13/h3-7,15H,1-2H3. The maximum Gasteiger partial charge on any atom is 0.162 e. The molecule has 0 radical (unpaired) electrons. The number of rotatable bonds is 4. The zero-order valence-corrected chi connectivity index (χ0v) is 14.5. The van der Waals surface area contributed by atoms with Crippen LogP contribution in [0.15, 0.2) is 29.6 Å². The first-order valence-electron chi connectivity index (χ1n) is 6.16. The minimum atomic E-state index is -0.304. The number of alkyl halides is 1. The summed E-state index contributed by atoms with van der Waals surface area (Å²) in [5, 5.41) is 2.35. The van der Waals surface area contributed by atoms with Crippen molar-refractivity contribution in [3.8, 4) is 11.5 Å². The number of fused-ring (bicyclic) bond motifs is 1. The third-order valence-corrected chi connectivity index (χ3v) is 6.27. The highest BCUT2D eigenvalue weighted by molar-refractivity contribution is 7.27. The van der Waals surface area contributed by atoms with E-state index in [1.54, 1.807) is 43.0 Å². The van der Waals surface area contributed by atoms with Crippen LogP contribution in [0.4, 0.5) is 0 Å². The first-order chi connectivity index (χ1) is 10.1. The number of thiophene rings is 2. The average molecular weight is 359 g/mol. The van der Waals surface area contributed by atoms with Gasteiger partial charge in [-0.1, -0.05) is 11.6 Å². The lowest BCUT2D eigenvalue weighted by atomic mass is 10.1. The van der Waals surface area contributed by atoms with E-state index in [0.717, 1.165) is 10.4 Å². The van der Waals surface area contributed by atoms with E-state index in [1.165, 1.54) is 9.40 Å². The zero-order valence-electron chi connectivity index (χ0n) is 11.4. The Morgan fingerprint density at radius 2 is 1.76 bits per heavy atom. The summed E-state index contributed by atoms with van der Waals surface area (Å²) in [6, 6.07) is 7.80. The Hall–Kier alpha value is -0.940. The summed E-state index contributed by atoms with van der Waals surface area (Å²) in [6.45, 7) is 0. The van der Waals surface area contributed by atoms with Gasteiger partial charge in [-0.15, -0.1) is 34.3 Å². The van der Waals surface area contributed by atoms with Crippen LogP contribution in [0.2, 0.25) is 5.02 Å². The van der Waals surface area contributed by atoms with Crippen molar-refractivity contribution < 1.29 is 9.47 Å². The summed E-state index contributed by atoms with van der Waals surface area (Å²) in [5.74, 6) is 1.23. The molecule has 0 aliphatic rings. The van der Waals surface area contributed by atoms with Gasteiger partial charge in [-0.05, 0) is 29.1 Å². The monoisotopic (exact) mass is 358 g/mol. The Morgan fingerprint density at radius 3 is 2.43 bits per heavy atom. The molecule has 6 heteroatoms. The highest BCUT2D eigenvalue weighted by Gasteiger charge is 2.20. The van der Waals surface area contributed by atoms with Gasteiger partial charge < -0.3 is 9.47 Å². The van der Waals surface area contributed by atoms with Crippen LogP contribution in [0.5, 0.6) is 11.5 Å². The lowest BCUT2D eigenvalue weighted by molar-refractivity contribution is 0.354. The highest BCUT2D eigenvalue weighted by Crippen LogP contribution is 2.44. The predicted octanol–water partition coefficient (Wildman–Crippen LogP) is 5.96. The quantitative estimate of drug-likeness (QED) is 0.535. The molecule has 3 rings (SSSR count). The van der Waals surface area contributed by atoms with Crippen LogP contribution in [-0.4, -0.2) is 14.2 Å². The van der Waals surface area contributed by atoms with E-state index in [-0.39, 0.29) is 5.38 Å². The number of benzene rings is 1. The lowest BCUT2D eigenvalue weighted by Crippen LogP contribution is -1.96. The van der Waals surface area contributed by atoms with E-state index < -0.39 is 0 Å². The predicted molar refractivity (Wildman–Crippen MR) is 92.0 cm³/mol. The Balaban J connectivity index is 2.04. The van der Waals surface area contributed by atoms with E-state index in [1.807, 2.05) is 6.07 Å². The van der Waals surface area contributed by atoms with Crippen molar-refractivity contribution in [2.75, 3.05) is 14.2 Å². The van der Waals surface area contributed by atoms with Gasteiger partial charge in [0.1, 0.15) is 0 Å². The first-order valence-corrected chi connectivity index (χ1v) is 8.67. The molecule has 0 amide bonds. The summed E-state index contributed by atoms with van der Waals surface area (Å²) in [4.78, 5) is 1.08. The minimum absolute atomic E-state index is 0.304. The normalized spacial score (nSPS) is 12.6. The van der Waals surface area contributed by atoms with E-state index >= 15 is 0 Å². The molecule has 2 nitrogen and oxygen atoms in total. The lowest BCUT2D eigenvalue weighted by Gasteiger charge is -2.14. The van der Waals surface area contributed by atoms with Crippen molar-refractivity contribution in [1.82, 2.24) is 0 Å². The number of methoxy groups -OCH3 is 2. The number of halogens is 2. The molecule has 0 fully saturated rings. The summed E-state index contributed by atoms with van der Waals surface area (Å²) in [7, 11) is 3.18. The average Bonchev–Trinajstić information content (AvgIpc) is 3.07. The van der Waals surface area contributed by atoms with Crippen LogP contribution in [0, 0.1) is 0 Å². The Kier molecular flexibility index (Phi) is 4.31. The van der Waals surface area contributed by atoms with Crippen molar-refractivity contribution in [2.24, 2.45) is 0 Å². The van der Waals surface area contributed by atoms with Crippen molar-refractivity contribution in [3.63, 3.8) is 0 Å². The fourth-order valence-electron chi connectivity index (χ4n) is 2.13. The Bertz CT molecular complexity index is 751. The summed E-state index contributed by atoms with van der Waals surface area (Å²) >= 11 is 16.4.